The summed E-state index contributed by atoms with van der Waals surface area (Å²) in [5, 5.41) is 11.9. The highest BCUT2D eigenvalue weighted by Gasteiger charge is 2.35. The molecule has 2 amide bonds. The third-order valence-corrected chi connectivity index (χ3v) is 5.55. The number of carbonyl (C=O) groups excluding carboxylic acids is 2. The molecule has 1 aromatic carbocycles. The van der Waals surface area contributed by atoms with Crippen LogP contribution in [0.1, 0.15) is 37.7 Å². The molecule has 7 heteroatoms. The van der Waals surface area contributed by atoms with Crippen molar-refractivity contribution in [3.05, 3.63) is 29.8 Å². The Balaban J connectivity index is 1.62. The second-order valence-electron chi connectivity index (χ2n) is 6.18. The number of thioether (sulfide) groups is 1. The fourth-order valence-electron chi connectivity index (χ4n) is 3.44. The molecule has 2 heterocycles. The Kier molecular flexibility index (Phi) is 4.10. The standard InChI is InChI=1S/C17H18N4O2S/c22-14-10-24-17(21(14)11-6-2-1-3-7-11)20-19-15-12-8-4-5-9-13(12)18-16(15)23/h4-5,8-9,11H,1-3,6-7,10H2,(H,18,19,23)/b20-17-. The number of carbonyl (C=O) groups is 2. The number of anilines is 1. The van der Waals surface area contributed by atoms with Gasteiger partial charge in [0.1, 0.15) is 0 Å². The molecule has 1 aliphatic carbocycles. The van der Waals surface area contributed by atoms with Crippen LogP contribution in [0.3, 0.4) is 0 Å². The number of rotatable bonds is 2. The van der Waals surface area contributed by atoms with Gasteiger partial charge in [0.25, 0.3) is 5.91 Å². The highest BCUT2D eigenvalue weighted by atomic mass is 32.2. The summed E-state index contributed by atoms with van der Waals surface area (Å²) in [4.78, 5) is 26.1. The number of benzene rings is 1. The van der Waals surface area contributed by atoms with Gasteiger partial charge in [-0.15, -0.1) is 10.2 Å². The van der Waals surface area contributed by atoms with E-state index in [1.807, 2.05) is 24.3 Å². The minimum Gasteiger partial charge on any atom is -0.320 e. The summed E-state index contributed by atoms with van der Waals surface area (Å²) in [5.74, 6) is 0.254. The van der Waals surface area contributed by atoms with E-state index in [4.69, 9.17) is 0 Å². The van der Waals surface area contributed by atoms with E-state index in [2.05, 4.69) is 15.5 Å². The van der Waals surface area contributed by atoms with Crippen molar-refractivity contribution in [2.45, 2.75) is 38.1 Å². The fraction of sp³-hybridized carbons (Fsp3) is 0.412. The third-order valence-electron chi connectivity index (χ3n) is 4.62. The van der Waals surface area contributed by atoms with Crippen LogP contribution in [0, 0.1) is 0 Å². The number of para-hydroxylation sites is 1. The molecule has 2 aliphatic heterocycles. The molecule has 2 fully saturated rings. The number of fused-ring (bicyclic) bond motifs is 1. The topological polar surface area (TPSA) is 74.1 Å². The SMILES string of the molecule is O=C1Nc2ccccc2/C1=N\N=C1/SCC(=O)N1C1CCCCC1. The first kappa shape index (κ1) is 15.4. The molecule has 1 N–H and O–H groups in total. The van der Waals surface area contributed by atoms with Crippen molar-refractivity contribution in [1.82, 2.24) is 4.90 Å². The number of hydrogen-bond acceptors (Lipinski definition) is 5. The zero-order valence-electron chi connectivity index (χ0n) is 13.2. The molecular formula is C17H18N4O2S. The van der Waals surface area contributed by atoms with Crippen molar-refractivity contribution in [2.75, 3.05) is 11.1 Å². The van der Waals surface area contributed by atoms with Gasteiger partial charge in [-0.3, -0.25) is 14.5 Å². The van der Waals surface area contributed by atoms with Gasteiger partial charge in [0.2, 0.25) is 5.91 Å². The van der Waals surface area contributed by atoms with Crippen molar-refractivity contribution in [1.29, 1.82) is 0 Å². The molecule has 1 aromatic rings. The Hall–Kier alpha value is -2.15. The minimum atomic E-state index is -0.251. The zero-order chi connectivity index (χ0) is 16.5. The maximum absolute atomic E-state index is 12.2. The Bertz CT molecular complexity index is 753. The van der Waals surface area contributed by atoms with E-state index < -0.39 is 0 Å². The second-order valence-corrected chi connectivity index (χ2v) is 7.12. The summed E-state index contributed by atoms with van der Waals surface area (Å²) in [6.45, 7) is 0. The Morgan fingerprint density at radius 2 is 1.88 bits per heavy atom. The quantitative estimate of drug-likeness (QED) is 0.840. The van der Waals surface area contributed by atoms with E-state index in [-0.39, 0.29) is 17.9 Å². The third kappa shape index (κ3) is 2.73. The molecule has 0 atom stereocenters. The summed E-state index contributed by atoms with van der Waals surface area (Å²) >= 11 is 1.41. The van der Waals surface area contributed by atoms with Gasteiger partial charge in [-0.2, -0.15) is 0 Å². The van der Waals surface area contributed by atoms with E-state index in [1.54, 1.807) is 4.90 Å². The molecule has 1 saturated heterocycles. The summed E-state index contributed by atoms with van der Waals surface area (Å²) in [7, 11) is 0. The van der Waals surface area contributed by atoms with Crippen LogP contribution < -0.4 is 5.32 Å². The number of nitrogens with one attached hydrogen (secondary N) is 1. The summed E-state index contributed by atoms with van der Waals surface area (Å²) in [6, 6.07) is 7.64. The Morgan fingerprint density at radius 1 is 1.08 bits per heavy atom. The summed E-state index contributed by atoms with van der Waals surface area (Å²) < 4.78 is 0. The zero-order valence-corrected chi connectivity index (χ0v) is 14.0. The molecular weight excluding hydrogens is 324 g/mol. The van der Waals surface area contributed by atoms with Gasteiger partial charge in [0.15, 0.2) is 10.9 Å². The van der Waals surface area contributed by atoms with Gasteiger partial charge < -0.3 is 5.32 Å². The van der Waals surface area contributed by atoms with Crippen molar-refractivity contribution in [3.8, 4) is 0 Å². The lowest BCUT2D eigenvalue weighted by molar-refractivity contribution is -0.126. The molecule has 0 aromatic heterocycles. The summed E-state index contributed by atoms with van der Waals surface area (Å²) in [6.07, 6.45) is 5.57. The highest BCUT2D eigenvalue weighted by molar-refractivity contribution is 8.15. The van der Waals surface area contributed by atoms with Gasteiger partial charge >= 0.3 is 0 Å². The lowest BCUT2D eigenvalue weighted by atomic mass is 9.94. The number of amides is 2. The first-order valence-electron chi connectivity index (χ1n) is 8.25. The first-order chi connectivity index (χ1) is 11.7. The van der Waals surface area contributed by atoms with Crippen LogP contribution in [-0.2, 0) is 9.59 Å². The van der Waals surface area contributed by atoms with Gasteiger partial charge in [0, 0.05) is 11.6 Å². The normalized spacial score (nSPS) is 24.8. The predicted molar refractivity (Wildman–Crippen MR) is 95.2 cm³/mol. The molecule has 4 rings (SSSR count). The molecule has 1 saturated carbocycles. The molecule has 0 spiro atoms. The second kappa shape index (κ2) is 6.39. The van der Waals surface area contributed by atoms with Crippen molar-refractivity contribution < 1.29 is 9.59 Å². The lowest BCUT2D eigenvalue weighted by Crippen LogP contribution is -2.40. The fourth-order valence-corrected chi connectivity index (χ4v) is 4.32. The number of hydrogen-bond donors (Lipinski definition) is 1. The van der Waals surface area contributed by atoms with Gasteiger partial charge in [-0.25, -0.2) is 0 Å². The van der Waals surface area contributed by atoms with Crippen LogP contribution in [0.2, 0.25) is 0 Å². The van der Waals surface area contributed by atoms with Crippen LogP contribution >= 0.6 is 11.8 Å². The van der Waals surface area contributed by atoms with E-state index in [9.17, 15) is 9.59 Å². The maximum atomic E-state index is 12.2. The Labute approximate surface area is 144 Å². The van der Waals surface area contributed by atoms with Crippen LogP contribution in [-0.4, -0.2) is 39.4 Å². The van der Waals surface area contributed by atoms with E-state index in [0.29, 0.717) is 16.6 Å². The van der Waals surface area contributed by atoms with Gasteiger partial charge in [-0.1, -0.05) is 49.2 Å². The molecule has 0 unspecified atom stereocenters. The van der Waals surface area contributed by atoms with Crippen molar-refractivity contribution in [2.24, 2.45) is 10.2 Å². The number of nitrogens with zero attached hydrogens (tertiary/aromatic N) is 3. The van der Waals surface area contributed by atoms with Crippen LogP contribution in [0.4, 0.5) is 5.69 Å². The molecule has 24 heavy (non-hydrogen) atoms. The average molecular weight is 342 g/mol. The van der Waals surface area contributed by atoms with E-state index in [0.717, 1.165) is 36.9 Å². The van der Waals surface area contributed by atoms with Crippen molar-refractivity contribution >= 4 is 40.1 Å². The molecule has 6 nitrogen and oxygen atoms in total. The molecule has 3 aliphatic rings. The van der Waals surface area contributed by atoms with Crippen LogP contribution in [0.5, 0.6) is 0 Å². The maximum Gasteiger partial charge on any atom is 0.276 e. The summed E-state index contributed by atoms with van der Waals surface area (Å²) in [5.41, 5.74) is 1.81. The van der Waals surface area contributed by atoms with Crippen LogP contribution in [0.15, 0.2) is 34.5 Å². The largest absolute Gasteiger partial charge is 0.320 e. The van der Waals surface area contributed by atoms with Crippen LogP contribution in [0.25, 0.3) is 0 Å². The highest BCUT2D eigenvalue weighted by Crippen LogP contribution is 2.30. The van der Waals surface area contributed by atoms with E-state index >= 15 is 0 Å². The minimum absolute atomic E-state index is 0.0992. The molecule has 0 radical (unpaired) electrons. The molecule has 124 valence electrons. The lowest BCUT2D eigenvalue weighted by Gasteiger charge is -2.30. The van der Waals surface area contributed by atoms with E-state index in [1.165, 1.54) is 18.2 Å². The predicted octanol–water partition coefficient (Wildman–Crippen LogP) is 2.61. The van der Waals surface area contributed by atoms with Gasteiger partial charge in [-0.05, 0) is 18.9 Å². The van der Waals surface area contributed by atoms with Gasteiger partial charge in [0.05, 0.1) is 11.4 Å². The monoisotopic (exact) mass is 342 g/mol. The average Bonchev–Trinajstić information content (AvgIpc) is 3.13. The first-order valence-corrected chi connectivity index (χ1v) is 9.24. The van der Waals surface area contributed by atoms with Crippen molar-refractivity contribution in [3.63, 3.8) is 0 Å². The smallest absolute Gasteiger partial charge is 0.276 e. The Morgan fingerprint density at radius 3 is 2.71 bits per heavy atom. The number of amidine groups is 1. The molecule has 0 bridgehead atoms.